The number of nitrogens with zero attached hydrogens (tertiary/aromatic N) is 1. The van der Waals surface area contributed by atoms with Gasteiger partial charge in [-0.15, -0.1) is 12.4 Å². The third kappa shape index (κ3) is 3.95. The number of rotatable bonds is 4. The van der Waals surface area contributed by atoms with Gasteiger partial charge in [-0.2, -0.15) is 0 Å². The molecule has 1 aromatic carbocycles. The number of halogens is 1. The van der Waals surface area contributed by atoms with Crippen LogP contribution in [0.15, 0.2) is 18.2 Å². The lowest BCUT2D eigenvalue weighted by atomic mass is 9.96. The van der Waals surface area contributed by atoms with Crippen molar-refractivity contribution >= 4 is 12.4 Å². The molecule has 3 nitrogen and oxygen atoms in total. The van der Waals surface area contributed by atoms with E-state index in [2.05, 4.69) is 49.3 Å². The second kappa shape index (κ2) is 7.20. The first-order valence-electron chi connectivity index (χ1n) is 8.24. The average molecular weight is 325 g/mol. The van der Waals surface area contributed by atoms with E-state index in [-0.39, 0.29) is 18.0 Å². The van der Waals surface area contributed by atoms with Gasteiger partial charge >= 0.3 is 0 Å². The summed E-state index contributed by atoms with van der Waals surface area (Å²) >= 11 is 0. The molecule has 2 aliphatic heterocycles. The first-order valence-corrected chi connectivity index (χ1v) is 8.24. The van der Waals surface area contributed by atoms with Crippen LogP contribution in [0.5, 0.6) is 5.75 Å². The highest BCUT2D eigenvalue weighted by Gasteiger charge is 2.32. The molecule has 2 aliphatic rings. The van der Waals surface area contributed by atoms with Crippen LogP contribution < -0.4 is 10.1 Å². The Morgan fingerprint density at radius 3 is 2.68 bits per heavy atom. The average Bonchev–Trinajstić information content (AvgIpc) is 2.76. The van der Waals surface area contributed by atoms with E-state index in [1.54, 1.807) is 0 Å². The molecule has 0 atom stereocenters. The smallest absolute Gasteiger partial charge is 0.127 e. The van der Waals surface area contributed by atoms with Crippen LogP contribution in [0.25, 0.3) is 0 Å². The van der Waals surface area contributed by atoms with Gasteiger partial charge in [0.15, 0.2) is 0 Å². The van der Waals surface area contributed by atoms with Crippen LogP contribution in [0.2, 0.25) is 0 Å². The summed E-state index contributed by atoms with van der Waals surface area (Å²) in [7, 11) is 2.05. The van der Waals surface area contributed by atoms with Crippen molar-refractivity contribution in [3.05, 3.63) is 29.3 Å². The maximum absolute atomic E-state index is 6.19. The fourth-order valence-electron chi connectivity index (χ4n) is 3.68. The lowest BCUT2D eigenvalue weighted by Crippen LogP contribution is -2.36. The predicted octanol–water partition coefficient (Wildman–Crippen LogP) is 3.25. The number of hydrogen-bond donors (Lipinski definition) is 1. The number of benzene rings is 1. The third-order valence-corrected chi connectivity index (χ3v) is 4.77. The predicted molar refractivity (Wildman–Crippen MR) is 94.0 cm³/mol. The van der Waals surface area contributed by atoms with Gasteiger partial charge in [-0.1, -0.05) is 18.2 Å². The SMILES string of the molecule is CNCC1CCN(Cc2cccc3c2OC(C)(C)C3)CC1.Cl. The second-order valence-electron chi connectivity index (χ2n) is 7.22. The number of para-hydroxylation sites is 1. The van der Waals surface area contributed by atoms with Crippen molar-refractivity contribution in [1.82, 2.24) is 10.2 Å². The van der Waals surface area contributed by atoms with Gasteiger partial charge in [-0.25, -0.2) is 0 Å². The van der Waals surface area contributed by atoms with Crippen molar-refractivity contribution < 1.29 is 4.74 Å². The summed E-state index contributed by atoms with van der Waals surface area (Å²) in [6.07, 6.45) is 3.64. The van der Waals surface area contributed by atoms with Gasteiger partial charge in [0.1, 0.15) is 11.4 Å². The summed E-state index contributed by atoms with van der Waals surface area (Å²) in [5, 5.41) is 3.31. The lowest BCUT2D eigenvalue weighted by molar-refractivity contribution is 0.132. The number of nitrogens with one attached hydrogen (secondary N) is 1. The van der Waals surface area contributed by atoms with Gasteiger partial charge in [0, 0.05) is 18.5 Å². The Hall–Kier alpha value is -0.770. The molecule has 4 heteroatoms. The van der Waals surface area contributed by atoms with E-state index in [4.69, 9.17) is 4.74 Å². The minimum atomic E-state index is -0.0434. The zero-order valence-corrected chi connectivity index (χ0v) is 14.8. The monoisotopic (exact) mass is 324 g/mol. The van der Waals surface area contributed by atoms with E-state index in [1.807, 2.05) is 0 Å². The number of likely N-dealkylation sites (tertiary alicyclic amines) is 1. The first-order chi connectivity index (χ1) is 10.1. The normalized spacial score (nSPS) is 21.0. The molecule has 0 radical (unpaired) electrons. The van der Waals surface area contributed by atoms with Crippen LogP contribution in [0.4, 0.5) is 0 Å². The molecule has 0 saturated carbocycles. The molecule has 1 N–H and O–H groups in total. The fourth-order valence-corrected chi connectivity index (χ4v) is 3.68. The summed E-state index contributed by atoms with van der Waals surface area (Å²) in [5.74, 6) is 2.00. The zero-order chi connectivity index (χ0) is 14.9. The van der Waals surface area contributed by atoms with E-state index >= 15 is 0 Å². The topological polar surface area (TPSA) is 24.5 Å². The van der Waals surface area contributed by atoms with E-state index in [1.165, 1.54) is 37.1 Å². The summed E-state index contributed by atoms with van der Waals surface area (Å²) in [6.45, 7) is 8.97. The van der Waals surface area contributed by atoms with Crippen molar-refractivity contribution in [2.24, 2.45) is 5.92 Å². The maximum atomic E-state index is 6.19. The van der Waals surface area contributed by atoms with Gasteiger partial charge in [0.25, 0.3) is 0 Å². The van der Waals surface area contributed by atoms with E-state index in [0.29, 0.717) is 0 Å². The number of piperidine rings is 1. The van der Waals surface area contributed by atoms with Crippen LogP contribution in [-0.4, -0.2) is 37.2 Å². The molecule has 3 rings (SSSR count). The largest absolute Gasteiger partial charge is 0.487 e. The first kappa shape index (κ1) is 17.6. The van der Waals surface area contributed by atoms with Gasteiger partial charge < -0.3 is 10.1 Å². The summed E-state index contributed by atoms with van der Waals surface area (Å²) in [4.78, 5) is 2.58. The van der Waals surface area contributed by atoms with Crippen LogP contribution in [-0.2, 0) is 13.0 Å². The highest BCUT2D eigenvalue weighted by Crippen LogP contribution is 2.38. The van der Waals surface area contributed by atoms with E-state index in [0.717, 1.165) is 31.2 Å². The molecular weight excluding hydrogens is 296 g/mol. The molecule has 0 aromatic heterocycles. The van der Waals surface area contributed by atoms with Gasteiger partial charge in [-0.3, -0.25) is 4.90 Å². The van der Waals surface area contributed by atoms with Crippen LogP contribution in [0.3, 0.4) is 0 Å². The molecule has 2 heterocycles. The Labute approximate surface area is 140 Å². The van der Waals surface area contributed by atoms with Crippen molar-refractivity contribution in [1.29, 1.82) is 0 Å². The van der Waals surface area contributed by atoms with E-state index < -0.39 is 0 Å². The molecule has 124 valence electrons. The molecule has 1 aromatic rings. The van der Waals surface area contributed by atoms with E-state index in [9.17, 15) is 0 Å². The van der Waals surface area contributed by atoms with Crippen molar-refractivity contribution in [3.63, 3.8) is 0 Å². The van der Waals surface area contributed by atoms with Crippen molar-refractivity contribution in [2.45, 2.75) is 45.3 Å². The second-order valence-corrected chi connectivity index (χ2v) is 7.22. The number of ether oxygens (including phenoxy) is 1. The Bertz CT molecular complexity index is 496. The highest BCUT2D eigenvalue weighted by atomic mass is 35.5. The molecule has 1 fully saturated rings. The number of fused-ring (bicyclic) bond motifs is 1. The zero-order valence-electron chi connectivity index (χ0n) is 14.0. The molecular formula is C18H29ClN2O. The molecule has 0 unspecified atom stereocenters. The minimum Gasteiger partial charge on any atom is -0.487 e. The van der Waals surface area contributed by atoms with Crippen molar-refractivity contribution in [2.75, 3.05) is 26.7 Å². The summed E-state index contributed by atoms with van der Waals surface area (Å²) in [6, 6.07) is 6.64. The van der Waals surface area contributed by atoms with Crippen LogP contribution in [0, 0.1) is 5.92 Å². The Kier molecular flexibility index (Phi) is 5.76. The Balaban J connectivity index is 0.00000176. The molecule has 1 saturated heterocycles. The molecule has 0 aliphatic carbocycles. The standard InChI is InChI=1S/C18H28N2O.ClH/c1-18(2)11-15-5-4-6-16(17(15)21-18)13-20-9-7-14(8-10-20)12-19-3;/h4-6,14,19H,7-13H2,1-3H3;1H. The lowest BCUT2D eigenvalue weighted by Gasteiger charge is -2.32. The molecule has 0 spiro atoms. The van der Waals surface area contributed by atoms with Gasteiger partial charge in [0.2, 0.25) is 0 Å². The third-order valence-electron chi connectivity index (χ3n) is 4.77. The molecule has 0 amide bonds. The fraction of sp³-hybridized carbons (Fsp3) is 0.667. The Morgan fingerprint density at radius 1 is 1.27 bits per heavy atom. The Morgan fingerprint density at radius 2 is 2.00 bits per heavy atom. The van der Waals surface area contributed by atoms with Crippen LogP contribution >= 0.6 is 12.4 Å². The highest BCUT2D eigenvalue weighted by molar-refractivity contribution is 5.85. The van der Waals surface area contributed by atoms with Gasteiger partial charge in [0.05, 0.1) is 0 Å². The summed E-state index contributed by atoms with van der Waals surface area (Å²) in [5.41, 5.74) is 2.70. The summed E-state index contributed by atoms with van der Waals surface area (Å²) < 4.78 is 6.19. The minimum absolute atomic E-state index is 0. The van der Waals surface area contributed by atoms with Crippen LogP contribution in [0.1, 0.15) is 37.8 Å². The van der Waals surface area contributed by atoms with Crippen molar-refractivity contribution in [3.8, 4) is 5.75 Å². The molecule has 0 bridgehead atoms. The maximum Gasteiger partial charge on any atom is 0.127 e. The van der Waals surface area contributed by atoms with Gasteiger partial charge in [-0.05, 0) is 64.9 Å². The number of hydrogen-bond acceptors (Lipinski definition) is 3. The molecule has 22 heavy (non-hydrogen) atoms. The quantitative estimate of drug-likeness (QED) is 0.920.